The Morgan fingerprint density at radius 3 is 2.71 bits per heavy atom. The van der Waals surface area contributed by atoms with Gasteiger partial charge in [0.25, 0.3) is 0 Å². The predicted molar refractivity (Wildman–Crippen MR) is 87.0 cm³/mol. The van der Waals surface area contributed by atoms with Crippen molar-refractivity contribution < 1.29 is 0 Å². The minimum atomic E-state index is 0.208. The lowest BCUT2D eigenvalue weighted by atomic mass is 10.1. The van der Waals surface area contributed by atoms with E-state index < -0.39 is 0 Å². The van der Waals surface area contributed by atoms with Crippen molar-refractivity contribution in [3.05, 3.63) is 54.7 Å². The number of nitrogens with zero attached hydrogens (tertiary/aromatic N) is 3. The second-order valence-electron chi connectivity index (χ2n) is 4.53. The molecule has 5 heteroatoms. The van der Waals surface area contributed by atoms with Gasteiger partial charge in [-0.2, -0.15) is 0 Å². The molecule has 2 N–H and O–H groups in total. The molecule has 0 unspecified atom stereocenters. The highest BCUT2D eigenvalue weighted by molar-refractivity contribution is 6.28. The average molecular weight is 297 g/mol. The molecule has 4 nitrogen and oxygen atoms in total. The van der Waals surface area contributed by atoms with Gasteiger partial charge >= 0.3 is 0 Å². The van der Waals surface area contributed by atoms with E-state index in [1.807, 2.05) is 48.5 Å². The normalized spacial score (nSPS) is 11.8. The molecule has 1 heterocycles. The smallest absolute Gasteiger partial charge is 0.115 e. The van der Waals surface area contributed by atoms with Gasteiger partial charge in [0.2, 0.25) is 0 Å². The second-order valence-corrected chi connectivity index (χ2v) is 4.80. The number of para-hydroxylation sites is 2. The number of hydrogen-bond acceptors (Lipinski definition) is 3. The number of halogens is 1. The van der Waals surface area contributed by atoms with Gasteiger partial charge in [0.15, 0.2) is 0 Å². The third-order valence-corrected chi connectivity index (χ3v) is 3.27. The number of rotatable bonds is 3. The minimum Gasteiger partial charge on any atom is -0.386 e. The molecule has 2 aromatic carbocycles. The average Bonchev–Trinajstić information content (AvgIpc) is 2.54. The van der Waals surface area contributed by atoms with E-state index in [0.29, 0.717) is 5.84 Å². The Morgan fingerprint density at radius 1 is 1.10 bits per heavy atom. The van der Waals surface area contributed by atoms with Gasteiger partial charge in [-0.1, -0.05) is 24.3 Å². The number of amidine groups is 1. The molecule has 0 aliphatic carbocycles. The van der Waals surface area contributed by atoms with Crippen LogP contribution in [-0.2, 0) is 0 Å². The van der Waals surface area contributed by atoms with E-state index in [0.717, 1.165) is 28.0 Å². The van der Waals surface area contributed by atoms with E-state index in [2.05, 4.69) is 15.0 Å². The number of aromatic nitrogens is 2. The number of nitrogens with two attached hydrogens (primary N) is 1. The van der Waals surface area contributed by atoms with E-state index in [1.165, 1.54) is 0 Å². The molecule has 0 saturated carbocycles. The maximum atomic E-state index is 5.66. The van der Waals surface area contributed by atoms with Crippen LogP contribution in [0.1, 0.15) is 0 Å². The summed E-state index contributed by atoms with van der Waals surface area (Å²) in [5, 5.41) is 0. The van der Waals surface area contributed by atoms with Crippen molar-refractivity contribution in [3.63, 3.8) is 0 Å². The summed E-state index contributed by atoms with van der Waals surface area (Å²) < 4.78 is 0. The lowest BCUT2D eigenvalue weighted by Crippen LogP contribution is -2.12. The zero-order valence-electron chi connectivity index (χ0n) is 11.2. The number of benzene rings is 2. The Hall–Kier alpha value is -2.46. The Bertz CT molecular complexity index is 814. The largest absolute Gasteiger partial charge is 0.386 e. The fourth-order valence-electron chi connectivity index (χ4n) is 2.03. The summed E-state index contributed by atoms with van der Waals surface area (Å²) in [4.78, 5) is 13.3. The topological polar surface area (TPSA) is 64.2 Å². The van der Waals surface area contributed by atoms with Gasteiger partial charge in [-0.15, -0.1) is 11.6 Å². The lowest BCUT2D eigenvalue weighted by Gasteiger charge is -2.04. The van der Waals surface area contributed by atoms with Crippen LogP contribution in [0.3, 0.4) is 0 Å². The summed E-state index contributed by atoms with van der Waals surface area (Å²) in [6.07, 6.45) is 1.76. The molecule has 0 atom stereocenters. The molecule has 0 aliphatic heterocycles. The molecule has 0 radical (unpaired) electrons. The predicted octanol–water partition coefficient (Wildman–Crippen LogP) is 3.52. The van der Waals surface area contributed by atoms with Crippen LogP contribution in [0, 0.1) is 0 Å². The van der Waals surface area contributed by atoms with Gasteiger partial charge in [0, 0.05) is 5.56 Å². The Balaban J connectivity index is 2.04. The minimum absolute atomic E-state index is 0.208. The van der Waals surface area contributed by atoms with E-state index in [1.54, 1.807) is 6.20 Å². The Labute approximate surface area is 127 Å². The molecular formula is C16H13ClN4. The highest BCUT2D eigenvalue weighted by Crippen LogP contribution is 2.23. The maximum Gasteiger partial charge on any atom is 0.115 e. The van der Waals surface area contributed by atoms with Crippen LogP contribution in [0.15, 0.2) is 59.7 Å². The van der Waals surface area contributed by atoms with Gasteiger partial charge < -0.3 is 5.73 Å². The van der Waals surface area contributed by atoms with E-state index in [9.17, 15) is 0 Å². The molecule has 0 saturated heterocycles. The Kier molecular flexibility index (Phi) is 3.79. The lowest BCUT2D eigenvalue weighted by molar-refractivity contribution is 1.29. The van der Waals surface area contributed by atoms with Gasteiger partial charge in [-0.05, 0) is 24.3 Å². The van der Waals surface area contributed by atoms with Crippen molar-refractivity contribution in [2.75, 3.05) is 5.88 Å². The van der Waals surface area contributed by atoms with E-state index in [4.69, 9.17) is 17.3 Å². The molecule has 0 fully saturated rings. The monoisotopic (exact) mass is 296 g/mol. The fraction of sp³-hybridized carbons (Fsp3) is 0.0625. The van der Waals surface area contributed by atoms with E-state index >= 15 is 0 Å². The molecule has 0 amide bonds. The zero-order valence-corrected chi connectivity index (χ0v) is 12.0. The van der Waals surface area contributed by atoms with Crippen LogP contribution >= 0.6 is 11.6 Å². The molecule has 0 bridgehead atoms. The van der Waals surface area contributed by atoms with Crippen LogP contribution in [-0.4, -0.2) is 21.7 Å². The molecule has 1 aromatic heterocycles. The molecule has 21 heavy (non-hydrogen) atoms. The van der Waals surface area contributed by atoms with Crippen LogP contribution < -0.4 is 5.73 Å². The fourth-order valence-corrected chi connectivity index (χ4v) is 2.09. The van der Waals surface area contributed by atoms with Crippen molar-refractivity contribution in [2.45, 2.75) is 0 Å². The summed E-state index contributed by atoms with van der Waals surface area (Å²) >= 11 is 5.65. The SMILES string of the molecule is NC(CCl)=Nc1cccc(-c2cnc3ccccc3n2)c1. The van der Waals surface area contributed by atoms with Gasteiger partial charge in [0.1, 0.15) is 5.84 Å². The standard InChI is InChI=1S/C16H13ClN4/c17-9-16(18)20-12-5-3-4-11(8-12)15-10-19-13-6-1-2-7-14(13)21-15/h1-8,10H,9H2,(H2,18,20). The summed E-state index contributed by atoms with van der Waals surface area (Å²) in [6.45, 7) is 0. The third-order valence-electron chi connectivity index (χ3n) is 3.00. The number of hydrogen-bond donors (Lipinski definition) is 1. The highest BCUT2D eigenvalue weighted by Gasteiger charge is 2.03. The summed E-state index contributed by atoms with van der Waals surface area (Å²) in [5.41, 5.74) is 9.89. The molecule has 104 valence electrons. The van der Waals surface area contributed by atoms with Crippen LogP contribution in [0.4, 0.5) is 5.69 Å². The van der Waals surface area contributed by atoms with Crippen LogP contribution in [0.25, 0.3) is 22.3 Å². The summed E-state index contributed by atoms with van der Waals surface area (Å²) in [5.74, 6) is 0.596. The van der Waals surface area contributed by atoms with E-state index in [-0.39, 0.29) is 5.88 Å². The summed E-state index contributed by atoms with van der Waals surface area (Å²) in [6, 6.07) is 15.4. The van der Waals surface area contributed by atoms with Crippen LogP contribution in [0.2, 0.25) is 0 Å². The first kappa shape index (κ1) is 13.5. The number of fused-ring (bicyclic) bond motifs is 1. The molecular weight excluding hydrogens is 284 g/mol. The third kappa shape index (κ3) is 3.01. The second kappa shape index (κ2) is 5.89. The van der Waals surface area contributed by atoms with Crippen molar-refractivity contribution in [2.24, 2.45) is 10.7 Å². The highest BCUT2D eigenvalue weighted by atomic mass is 35.5. The van der Waals surface area contributed by atoms with Gasteiger partial charge in [-0.3, -0.25) is 4.98 Å². The molecule has 0 spiro atoms. The molecule has 3 aromatic rings. The van der Waals surface area contributed by atoms with Crippen molar-refractivity contribution in [3.8, 4) is 11.3 Å². The van der Waals surface area contributed by atoms with Crippen LogP contribution in [0.5, 0.6) is 0 Å². The quantitative estimate of drug-likeness (QED) is 0.457. The maximum absolute atomic E-state index is 5.66. The van der Waals surface area contributed by atoms with Gasteiger partial charge in [-0.25, -0.2) is 9.98 Å². The van der Waals surface area contributed by atoms with Crippen molar-refractivity contribution in [1.82, 2.24) is 9.97 Å². The summed E-state index contributed by atoms with van der Waals surface area (Å²) in [7, 11) is 0. The van der Waals surface area contributed by atoms with Gasteiger partial charge in [0.05, 0.1) is 34.5 Å². The van der Waals surface area contributed by atoms with Crippen molar-refractivity contribution in [1.29, 1.82) is 0 Å². The first-order valence-electron chi connectivity index (χ1n) is 6.47. The number of aliphatic imine (C=N–C) groups is 1. The first-order chi connectivity index (χ1) is 10.3. The molecule has 3 rings (SSSR count). The Morgan fingerprint density at radius 2 is 1.90 bits per heavy atom. The zero-order chi connectivity index (χ0) is 14.7. The van der Waals surface area contributed by atoms with Crippen molar-refractivity contribution >= 4 is 34.2 Å². The molecule has 0 aliphatic rings. The first-order valence-corrected chi connectivity index (χ1v) is 7.01. The number of alkyl halides is 1.